The van der Waals surface area contributed by atoms with E-state index in [1.54, 1.807) is 6.20 Å². The van der Waals surface area contributed by atoms with Gasteiger partial charge in [0.05, 0.1) is 6.54 Å². The monoisotopic (exact) mass is 276 g/mol. The minimum Gasteiger partial charge on any atom is -0.357 e. The molecule has 1 aromatic heterocycles. The number of aromatic nitrogens is 2. The Morgan fingerprint density at radius 2 is 2.05 bits per heavy atom. The number of carbonyl (C=O) groups is 1. The van der Waals surface area contributed by atoms with Crippen molar-refractivity contribution in [3.05, 3.63) is 18.1 Å². The lowest BCUT2D eigenvalue weighted by molar-refractivity contribution is -0.125. The van der Waals surface area contributed by atoms with Gasteiger partial charge in [-0.1, -0.05) is 13.8 Å². The fourth-order valence-electron chi connectivity index (χ4n) is 2.57. The lowest BCUT2D eigenvalue weighted by Crippen LogP contribution is -2.30. The molecule has 1 aliphatic rings. The smallest absolute Gasteiger partial charge is 0.223 e. The fraction of sp³-hybridized carbons (Fsp3) is 0.667. The third-order valence-corrected chi connectivity index (χ3v) is 3.90. The predicted molar refractivity (Wildman–Crippen MR) is 79.4 cm³/mol. The average molecular weight is 276 g/mol. The first-order valence-corrected chi connectivity index (χ1v) is 7.59. The first-order chi connectivity index (χ1) is 9.74. The van der Waals surface area contributed by atoms with E-state index in [-0.39, 0.29) is 11.8 Å². The second kappa shape index (κ2) is 7.22. The summed E-state index contributed by atoms with van der Waals surface area (Å²) in [7, 11) is 0. The van der Waals surface area contributed by atoms with Crippen molar-refractivity contribution in [1.29, 1.82) is 0 Å². The molecule has 20 heavy (non-hydrogen) atoms. The van der Waals surface area contributed by atoms with Gasteiger partial charge in [0.15, 0.2) is 0 Å². The minimum atomic E-state index is 0.0942. The molecule has 1 aliphatic heterocycles. The molecule has 0 spiro atoms. The summed E-state index contributed by atoms with van der Waals surface area (Å²) in [5.74, 6) is 1.86. The first-order valence-electron chi connectivity index (χ1n) is 7.59. The lowest BCUT2D eigenvalue weighted by Gasteiger charge is -2.17. The molecule has 0 atom stereocenters. The number of nitrogens with zero attached hydrogens (tertiary/aromatic N) is 3. The molecular weight excluding hydrogens is 252 g/mol. The zero-order chi connectivity index (χ0) is 14.4. The Morgan fingerprint density at radius 3 is 2.70 bits per heavy atom. The van der Waals surface area contributed by atoms with Crippen molar-refractivity contribution in [3.8, 4) is 0 Å². The summed E-state index contributed by atoms with van der Waals surface area (Å²) < 4.78 is 0. The molecule has 5 nitrogen and oxygen atoms in total. The van der Waals surface area contributed by atoms with Crippen molar-refractivity contribution < 1.29 is 4.79 Å². The fourth-order valence-corrected chi connectivity index (χ4v) is 2.57. The van der Waals surface area contributed by atoms with Gasteiger partial charge in [0.25, 0.3) is 0 Å². The molecule has 0 aliphatic carbocycles. The second-order valence-corrected chi connectivity index (χ2v) is 5.26. The maximum atomic E-state index is 11.9. The summed E-state index contributed by atoms with van der Waals surface area (Å²) >= 11 is 0. The summed E-state index contributed by atoms with van der Waals surface area (Å²) in [5.41, 5.74) is 0. The summed E-state index contributed by atoms with van der Waals surface area (Å²) in [6, 6.07) is 1.94. The van der Waals surface area contributed by atoms with E-state index in [2.05, 4.69) is 20.2 Å². The van der Waals surface area contributed by atoms with Crippen LogP contribution in [-0.2, 0) is 11.3 Å². The van der Waals surface area contributed by atoms with Crippen LogP contribution >= 0.6 is 0 Å². The zero-order valence-electron chi connectivity index (χ0n) is 12.4. The Kier molecular flexibility index (Phi) is 5.32. The minimum absolute atomic E-state index is 0.0942. The van der Waals surface area contributed by atoms with Crippen LogP contribution in [-0.4, -0.2) is 29.0 Å². The predicted octanol–water partition coefficient (Wildman–Crippen LogP) is 2.13. The molecule has 2 rings (SSSR count). The van der Waals surface area contributed by atoms with Crippen molar-refractivity contribution in [2.45, 2.75) is 46.1 Å². The van der Waals surface area contributed by atoms with Crippen molar-refractivity contribution in [2.75, 3.05) is 18.0 Å². The topological polar surface area (TPSA) is 58.1 Å². The SMILES string of the molecule is CCC(CC)C(=O)NCc1nccc(N2CCCC2)n1. The lowest BCUT2D eigenvalue weighted by atomic mass is 10.0. The van der Waals surface area contributed by atoms with E-state index in [9.17, 15) is 4.79 Å². The number of amides is 1. The van der Waals surface area contributed by atoms with Gasteiger partial charge in [-0.15, -0.1) is 0 Å². The van der Waals surface area contributed by atoms with Gasteiger partial charge in [0, 0.05) is 25.2 Å². The highest BCUT2D eigenvalue weighted by Gasteiger charge is 2.16. The Bertz CT molecular complexity index is 439. The third-order valence-electron chi connectivity index (χ3n) is 3.90. The van der Waals surface area contributed by atoms with Crippen molar-refractivity contribution >= 4 is 11.7 Å². The molecule has 1 N–H and O–H groups in total. The molecule has 110 valence electrons. The molecular formula is C15H24N4O. The Labute approximate surface area is 120 Å². The first kappa shape index (κ1) is 14.8. The molecule has 0 saturated carbocycles. The van der Waals surface area contributed by atoms with E-state index in [0.29, 0.717) is 12.4 Å². The van der Waals surface area contributed by atoms with Gasteiger partial charge in [0.2, 0.25) is 5.91 Å². The summed E-state index contributed by atoms with van der Waals surface area (Å²) in [6.45, 7) is 6.63. The molecule has 2 heterocycles. The summed E-state index contributed by atoms with van der Waals surface area (Å²) in [4.78, 5) is 23.0. The highest BCUT2D eigenvalue weighted by molar-refractivity contribution is 5.78. The number of hydrogen-bond donors (Lipinski definition) is 1. The van der Waals surface area contributed by atoms with Crippen LogP contribution in [0.25, 0.3) is 0 Å². The zero-order valence-corrected chi connectivity index (χ0v) is 12.4. The standard InChI is InChI=1S/C15H24N4O/c1-3-12(4-2)15(20)17-11-13-16-8-7-14(18-13)19-9-5-6-10-19/h7-8,12H,3-6,9-11H2,1-2H3,(H,17,20). The third kappa shape index (κ3) is 3.68. The number of hydrogen-bond acceptors (Lipinski definition) is 4. The summed E-state index contributed by atoms with van der Waals surface area (Å²) in [5, 5.41) is 2.94. The van der Waals surface area contributed by atoms with Crippen LogP contribution in [0.5, 0.6) is 0 Å². The molecule has 0 aromatic carbocycles. The van der Waals surface area contributed by atoms with Crippen LogP contribution in [0.4, 0.5) is 5.82 Å². The number of rotatable bonds is 6. The van der Waals surface area contributed by atoms with Crippen LogP contribution in [0.3, 0.4) is 0 Å². The molecule has 0 bridgehead atoms. The number of carbonyl (C=O) groups excluding carboxylic acids is 1. The Balaban J connectivity index is 1.92. The van der Waals surface area contributed by atoms with Crippen LogP contribution in [0.15, 0.2) is 12.3 Å². The van der Waals surface area contributed by atoms with Gasteiger partial charge in [-0.2, -0.15) is 0 Å². The van der Waals surface area contributed by atoms with Gasteiger partial charge in [-0.3, -0.25) is 4.79 Å². The molecule has 1 amide bonds. The van der Waals surface area contributed by atoms with Gasteiger partial charge < -0.3 is 10.2 Å². The van der Waals surface area contributed by atoms with Crippen molar-refractivity contribution in [1.82, 2.24) is 15.3 Å². The highest BCUT2D eigenvalue weighted by Crippen LogP contribution is 2.16. The van der Waals surface area contributed by atoms with E-state index >= 15 is 0 Å². The maximum absolute atomic E-state index is 11.9. The van der Waals surface area contributed by atoms with E-state index < -0.39 is 0 Å². The summed E-state index contributed by atoms with van der Waals surface area (Å²) in [6.07, 6.45) is 5.97. The second-order valence-electron chi connectivity index (χ2n) is 5.26. The Hall–Kier alpha value is -1.65. The van der Waals surface area contributed by atoms with Crippen LogP contribution < -0.4 is 10.2 Å². The number of nitrogens with one attached hydrogen (secondary N) is 1. The average Bonchev–Trinajstić information content (AvgIpc) is 3.01. The van der Waals surface area contributed by atoms with Gasteiger partial charge in [0.1, 0.15) is 11.6 Å². The molecule has 0 unspecified atom stereocenters. The van der Waals surface area contributed by atoms with Gasteiger partial charge in [-0.05, 0) is 31.7 Å². The van der Waals surface area contributed by atoms with Crippen LogP contribution in [0.1, 0.15) is 45.4 Å². The Morgan fingerprint density at radius 1 is 1.35 bits per heavy atom. The molecule has 1 saturated heterocycles. The van der Waals surface area contributed by atoms with Crippen molar-refractivity contribution in [2.24, 2.45) is 5.92 Å². The van der Waals surface area contributed by atoms with Gasteiger partial charge in [-0.25, -0.2) is 9.97 Å². The maximum Gasteiger partial charge on any atom is 0.223 e. The van der Waals surface area contributed by atoms with Gasteiger partial charge >= 0.3 is 0 Å². The van der Waals surface area contributed by atoms with E-state index in [4.69, 9.17) is 0 Å². The van der Waals surface area contributed by atoms with E-state index in [1.807, 2.05) is 19.9 Å². The largest absolute Gasteiger partial charge is 0.357 e. The molecule has 1 aromatic rings. The highest BCUT2D eigenvalue weighted by atomic mass is 16.1. The van der Waals surface area contributed by atoms with Crippen LogP contribution in [0.2, 0.25) is 0 Å². The van der Waals surface area contributed by atoms with Crippen molar-refractivity contribution in [3.63, 3.8) is 0 Å². The molecule has 5 heteroatoms. The van der Waals surface area contributed by atoms with E-state index in [1.165, 1.54) is 12.8 Å². The van der Waals surface area contributed by atoms with Crippen LogP contribution in [0, 0.1) is 5.92 Å². The van der Waals surface area contributed by atoms with E-state index in [0.717, 1.165) is 31.7 Å². The molecule has 1 fully saturated rings. The molecule has 0 radical (unpaired) electrons. The quantitative estimate of drug-likeness (QED) is 0.864. The number of anilines is 1. The normalized spacial score (nSPS) is 14.8.